The molecular formula is C29H28F3O3S2+. The molecule has 4 aromatic carbocycles. The van der Waals surface area contributed by atoms with E-state index in [9.17, 15) is 21.6 Å². The number of thiol groups is 1. The molecule has 0 fully saturated rings. The van der Waals surface area contributed by atoms with Gasteiger partial charge in [-0.3, -0.25) is 0 Å². The van der Waals surface area contributed by atoms with Crippen LogP contribution >= 0.6 is 0 Å². The van der Waals surface area contributed by atoms with Crippen LogP contribution in [0, 0.1) is 0 Å². The first-order chi connectivity index (χ1) is 17.4. The zero-order valence-electron chi connectivity index (χ0n) is 20.6. The van der Waals surface area contributed by atoms with Gasteiger partial charge in [-0.1, -0.05) is 81.4 Å². The summed E-state index contributed by atoms with van der Waals surface area (Å²) in [7, 11) is -4.60. The third-order valence-corrected chi connectivity index (χ3v) is 7.58. The summed E-state index contributed by atoms with van der Waals surface area (Å²) in [6.07, 6.45) is -4.79. The van der Waals surface area contributed by atoms with Crippen molar-refractivity contribution in [2.24, 2.45) is 0 Å². The number of rotatable bonds is 5. The highest BCUT2D eigenvalue weighted by Gasteiger charge is 2.37. The SMILES string of the molecule is CC(C)(C)c1ccc(OS(=O)(=O)c2ccccc2C(F)(F)F)cc1.c1ccc([SH+]c2ccccc2)cc1. The molecule has 0 unspecified atom stereocenters. The van der Waals surface area contributed by atoms with Gasteiger partial charge in [0.25, 0.3) is 0 Å². The Labute approximate surface area is 220 Å². The van der Waals surface area contributed by atoms with Gasteiger partial charge in [0.2, 0.25) is 0 Å². The molecule has 0 saturated carbocycles. The van der Waals surface area contributed by atoms with Crippen LogP contribution < -0.4 is 4.18 Å². The van der Waals surface area contributed by atoms with Gasteiger partial charge in [0, 0.05) is 11.8 Å². The molecule has 4 rings (SSSR count). The second-order valence-corrected chi connectivity index (χ2v) is 11.9. The van der Waals surface area contributed by atoms with Crippen molar-refractivity contribution in [1.82, 2.24) is 0 Å². The summed E-state index contributed by atoms with van der Waals surface area (Å²) in [5, 5.41) is 0. The Hall–Kier alpha value is -3.23. The molecule has 0 atom stereocenters. The van der Waals surface area contributed by atoms with Gasteiger partial charge < -0.3 is 4.18 Å². The first-order valence-electron chi connectivity index (χ1n) is 11.4. The van der Waals surface area contributed by atoms with E-state index in [1.807, 2.05) is 32.9 Å². The van der Waals surface area contributed by atoms with Crippen molar-refractivity contribution in [3.05, 3.63) is 120 Å². The summed E-state index contributed by atoms with van der Waals surface area (Å²) >= 11 is 1.28. The van der Waals surface area contributed by atoms with Crippen molar-refractivity contribution < 1.29 is 25.8 Å². The van der Waals surface area contributed by atoms with E-state index in [1.165, 1.54) is 39.8 Å². The quantitative estimate of drug-likeness (QED) is 0.147. The summed E-state index contributed by atoms with van der Waals surface area (Å²) in [6, 6.07) is 31.1. The van der Waals surface area contributed by atoms with Crippen LogP contribution in [0.25, 0.3) is 0 Å². The van der Waals surface area contributed by atoms with E-state index < -0.39 is 26.8 Å². The number of halogens is 3. The molecule has 0 aliphatic heterocycles. The predicted octanol–water partition coefficient (Wildman–Crippen LogP) is 7.69. The molecule has 194 valence electrons. The standard InChI is InChI=1S/C17H17F3O3S.C12H10S/c1-16(2,3)12-8-10-13(11-9-12)23-24(21,22)15-7-5-4-6-14(15)17(18,19)20;1-3-7-11(8-4-1)13-12-9-5-2-6-10-12/h4-11H,1-3H3;1-10H/p+1. The molecule has 0 spiro atoms. The number of hydrogen-bond acceptors (Lipinski definition) is 3. The van der Waals surface area contributed by atoms with Crippen LogP contribution in [-0.4, -0.2) is 8.42 Å². The first-order valence-corrected chi connectivity index (χ1v) is 13.7. The van der Waals surface area contributed by atoms with E-state index in [0.29, 0.717) is 6.07 Å². The molecule has 0 aliphatic carbocycles. The highest BCUT2D eigenvalue weighted by atomic mass is 32.2. The fourth-order valence-electron chi connectivity index (χ4n) is 3.26. The molecule has 0 radical (unpaired) electrons. The van der Waals surface area contributed by atoms with Crippen molar-refractivity contribution in [2.45, 2.75) is 47.0 Å². The average Bonchev–Trinajstić information content (AvgIpc) is 2.85. The minimum Gasteiger partial charge on any atom is -0.379 e. The Balaban J connectivity index is 0.000000244. The Morgan fingerprint density at radius 1 is 0.649 bits per heavy atom. The largest absolute Gasteiger partial charge is 0.417 e. The zero-order valence-corrected chi connectivity index (χ0v) is 22.3. The van der Waals surface area contributed by atoms with E-state index in [2.05, 4.69) is 48.5 Å². The number of alkyl halides is 3. The molecule has 3 nitrogen and oxygen atoms in total. The Morgan fingerprint density at radius 3 is 1.57 bits per heavy atom. The van der Waals surface area contributed by atoms with Crippen LogP contribution in [0.1, 0.15) is 31.9 Å². The minimum atomic E-state index is -4.79. The maximum absolute atomic E-state index is 13.0. The lowest BCUT2D eigenvalue weighted by Gasteiger charge is -2.19. The van der Waals surface area contributed by atoms with Gasteiger partial charge in [-0.15, -0.1) is 0 Å². The third-order valence-electron chi connectivity index (χ3n) is 5.16. The van der Waals surface area contributed by atoms with E-state index in [4.69, 9.17) is 4.18 Å². The van der Waals surface area contributed by atoms with Crippen molar-refractivity contribution >= 4 is 21.9 Å². The summed E-state index contributed by atoms with van der Waals surface area (Å²) in [5.41, 5.74) is -0.445. The van der Waals surface area contributed by atoms with Gasteiger partial charge in [-0.2, -0.15) is 21.6 Å². The van der Waals surface area contributed by atoms with Crippen molar-refractivity contribution in [3.8, 4) is 5.75 Å². The smallest absolute Gasteiger partial charge is 0.379 e. The average molecular weight is 546 g/mol. The van der Waals surface area contributed by atoms with Gasteiger partial charge in [0.1, 0.15) is 10.6 Å². The van der Waals surface area contributed by atoms with Gasteiger partial charge in [-0.05, 0) is 59.5 Å². The van der Waals surface area contributed by atoms with Gasteiger partial charge >= 0.3 is 16.3 Å². The van der Waals surface area contributed by atoms with E-state index in [-0.39, 0.29) is 11.2 Å². The van der Waals surface area contributed by atoms with E-state index in [0.717, 1.165) is 17.7 Å². The highest BCUT2D eigenvalue weighted by molar-refractivity contribution is 7.87. The lowest BCUT2D eigenvalue weighted by molar-refractivity contribution is -0.139. The van der Waals surface area contributed by atoms with Crippen LogP contribution in [0.5, 0.6) is 5.75 Å². The first kappa shape index (κ1) is 28.3. The molecule has 0 aromatic heterocycles. The van der Waals surface area contributed by atoms with E-state index >= 15 is 0 Å². The molecule has 0 aliphatic rings. The van der Waals surface area contributed by atoms with Crippen molar-refractivity contribution in [1.29, 1.82) is 0 Å². The van der Waals surface area contributed by atoms with Gasteiger partial charge in [0.05, 0.1) is 5.56 Å². The molecule has 0 N–H and O–H groups in total. The highest BCUT2D eigenvalue weighted by Crippen LogP contribution is 2.35. The van der Waals surface area contributed by atoms with Gasteiger partial charge in [-0.25, -0.2) is 0 Å². The Kier molecular flexibility index (Phi) is 9.10. The predicted molar refractivity (Wildman–Crippen MR) is 143 cm³/mol. The summed E-state index contributed by atoms with van der Waals surface area (Å²) in [4.78, 5) is 1.78. The van der Waals surface area contributed by atoms with Crippen LogP contribution in [0.2, 0.25) is 0 Å². The lowest BCUT2D eigenvalue weighted by atomic mass is 9.87. The van der Waals surface area contributed by atoms with Crippen LogP contribution in [-0.2, 0) is 33.5 Å². The minimum absolute atomic E-state index is 0.0417. The normalized spacial score (nSPS) is 11.8. The molecule has 4 aromatic rings. The fourth-order valence-corrected chi connectivity index (χ4v) is 5.35. The molecule has 0 heterocycles. The maximum Gasteiger partial charge on any atom is 0.417 e. The summed E-state index contributed by atoms with van der Waals surface area (Å²) < 4.78 is 68.3. The van der Waals surface area contributed by atoms with Crippen molar-refractivity contribution in [3.63, 3.8) is 0 Å². The van der Waals surface area contributed by atoms with E-state index in [1.54, 1.807) is 12.1 Å². The number of hydrogen-bond donors (Lipinski definition) is 0. The van der Waals surface area contributed by atoms with Crippen LogP contribution in [0.15, 0.2) is 124 Å². The molecule has 37 heavy (non-hydrogen) atoms. The molecule has 0 amide bonds. The zero-order chi connectivity index (χ0) is 27.1. The van der Waals surface area contributed by atoms with Crippen LogP contribution in [0.3, 0.4) is 0 Å². The van der Waals surface area contributed by atoms with Crippen molar-refractivity contribution in [2.75, 3.05) is 0 Å². The fraction of sp³-hybridized carbons (Fsp3) is 0.172. The second-order valence-electron chi connectivity index (χ2n) is 9.09. The monoisotopic (exact) mass is 545 g/mol. The number of benzene rings is 4. The summed E-state index contributed by atoms with van der Waals surface area (Å²) in [5.74, 6) is -0.0417. The Bertz CT molecular complexity index is 1340. The molecular weight excluding hydrogens is 517 g/mol. The third kappa shape index (κ3) is 8.40. The molecule has 8 heteroatoms. The van der Waals surface area contributed by atoms with Crippen LogP contribution in [0.4, 0.5) is 13.2 Å². The summed E-state index contributed by atoms with van der Waals surface area (Å²) in [6.45, 7) is 5.96. The molecule has 0 saturated heterocycles. The maximum atomic E-state index is 13.0. The second kappa shape index (κ2) is 11.9. The topological polar surface area (TPSA) is 43.4 Å². The van der Waals surface area contributed by atoms with Gasteiger partial charge in [0.15, 0.2) is 9.79 Å². The molecule has 0 bridgehead atoms. The lowest BCUT2D eigenvalue weighted by Crippen LogP contribution is -2.17. The Morgan fingerprint density at radius 2 is 1.11 bits per heavy atom.